The second-order valence-corrected chi connectivity index (χ2v) is 19.2. The van der Waals surface area contributed by atoms with Crippen molar-refractivity contribution in [2.24, 2.45) is 11.8 Å². The van der Waals surface area contributed by atoms with E-state index in [1.165, 1.54) is 28.4 Å². The molecule has 0 spiro atoms. The Kier molecular flexibility index (Phi) is 26.8. The van der Waals surface area contributed by atoms with E-state index in [1.54, 1.807) is 43.2 Å². The number of nitrogens with zero attached hydrogens (tertiary/aromatic N) is 4. The van der Waals surface area contributed by atoms with Crippen LogP contribution in [0, 0.1) is 53.4 Å². The summed E-state index contributed by atoms with van der Waals surface area (Å²) in [7, 11) is 1.32. The zero-order chi connectivity index (χ0) is 52.1. The molecule has 0 aliphatic heterocycles. The first-order valence-electron chi connectivity index (χ1n) is 24.0. The Morgan fingerprint density at radius 1 is 0.600 bits per heavy atom. The topological polar surface area (TPSA) is 253 Å². The van der Waals surface area contributed by atoms with Gasteiger partial charge in [0, 0.05) is 60.4 Å². The molecule has 398 valence electrons. The average molecular weight is 1020 g/mol. The Hall–Kier alpha value is -6.96. The predicted octanol–water partition coefficient (Wildman–Crippen LogP) is 6.24. The van der Waals surface area contributed by atoms with Crippen molar-refractivity contribution in [2.75, 3.05) is 7.11 Å². The third-order valence-corrected chi connectivity index (χ3v) is 12.3. The first-order valence-corrected chi connectivity index (χ1v) is 24.0. The molecule has 0 aliphatic rings. The monoisotopic (exact) mass is 1020 g/mol. The maximum Gasteiger partial charge on any atom is 1.00 e. The summed E-state index contributed by atoms with van der Waals surface area (Å²) in [5.74, 6) is -1.91. The molecule has 0 bridgehead atoms. The maximum absolute atomic E-state index is 13.6. The van der Waals surface area contributed by atoms with Gasteiger partial charge in [-0.1, -0.05) is 71.5 Å². The molecule has 0 aliphatic carbocycles. The molecule has 0 fully saturated rings. The number of carboxylic acid groups (broad SMARTS) is 1. The Balaban J connectivity index is 0.000000712. The normalized spacial score (nSPS) is 12.1. The van der Waals surface area contributed by atoms with Gasteiger partial charge in [-0.15, -0.1) is 0 Å². The first kappa shape index (κ1) is 66.1. The number of aryl methyl sites for hydroxylation is 6. The number of benzene rings is 2. The van der Waals surface area contributed by atoms with Gasteiger partial charge in [0.05, 0.1) is 32.0 Å². The third-order valence-electron chi connectivity index (χ3n) is 12.3. The zero-order valence-electron chi connectivity index (χ0n) is 44.7. The number of ether oxygens (including phenoxy) is 1. The molecule has 2 amide bonds. The number of esters is 1. The van der Waals surface area contributed by atoms with Crippen molar-refractivity contribution in [1.82, 2.24) is 29.7 Å². The number of amides is 2. The summed E-state index contributed by atoms with van der Waals surface area (Å²) in [6.45, 7) is 19.7. The van der Waals surface area contributed by atoms with E-state index in [9.17, 15) is 33.9 Å². The number of methoxy groups -OCH3 is 1. The molecule has 0 saturated carbocycles. The van der Waals surface area contributed by atoms with Crippen LogP contribution in [0.1, 0.15) is 129 Å². The van der Waals surface area contributed by atoms with Crippen LogP contribution in [0.5, 0.6) is 0 Å². The van der Waals surface area contributed by atoms with Gasteiger partial charge in [-0.25, -0.2) is 0 Å². The van der Waals surface area contributed by atoms with Gasteiger partial charge in [0.25, 0.3) is 11.1 Å². The maximum atomic E-state index is 13.6. The van der Waals surface area contributed by atoms with Gasteiger partial charge in [-0.3, -0.25) is 38.7 Å². The quantitative estimate of drug-likeness (QED) is 0.0642. The van der Waals surface area contributed by atoms with E-state index in [1.807, 2.05) is 124 Å². The van der Waals surface area contributed by atoms with Crippen LogP contribution in [-0.2, 0) is 23.9 Å². The fourth-order valence-electron chi connectivity index (χ4n) is 8.85. The standard InChI is InChI=1S/C29H35N3O4.C28H33N3O4.CH4.Li.2H2O/c1-18(2)12-25(32-11-10-19(3)13-26(32)33)29(35)31-24(15-27(34)36-6)22-14-23(17-30-16-22)28-20(4)8-7-9-21(28)5;1-17(2)11-24(31-10-9-18(3)12-25(31)32)28(35)30-23(14-26(33)34)21-13-22(16-29-15-21)27-19(4)7-6-8-20(27)5;;;;/h7-11,13-14,16-18,24-25H,12,15H2,1-6H3,(H,31,35);6-10,12-13,15-17,23-24H,11,14H2,1-5H3,(H,30,35)(H,33,34);1H4;;2*1H2/q;;;+1;;/p-1/t24-,25?;23-,24?;;;;/m11..../s1. The molecule has 6 rings (SSSR count). The number of nitrogens with one attached hydrogen (secondary N) is 2. The second-order valence-electron chi connectivity index (χ2n) is 19.2. The van der Waals surface area contributed by atoms with E-state index in [2.05, 4.69) is 20.6 Å². The van der Waals surface area contributed by atoms with Crippen LogP contribution in [0.15, 0.2) is 120 Å². The SMILES string of the molecule is C.COC(=O)C[C@@H](NC(=O)C(CC(C)C)n1ccc(C)cc1=O)c1cncc(-c2c(C)cccc2C)c1.Cc1ccn(C(CC(C)C)C(=O)N[C@H](CC(=O)O)c2cncc(-c3c(C)cccc3C)c2)c(=O)c1.O.[Li+].[OH-]. The van der Waals surface area contributed by atoms with Gasteiger partial charge >= 0.3 is 30.8 Å². The second kappa shape index (κ2) is 30.4. The molecule has 4 aromatic heterocycles. The van der Waals surface area contributed by atoms with Crippen LogP contribution in [0.3, 0.4) is 0 Å². The molecular formula is C58H75LiN6O10. The molecule has 0 saturated heterocycles. The Morgan fingerprint density at radius 3 is 1.28 bits per heavy atom. The minimum atomic E-state index is -1.04. The van der Waals surface area contributed by atoms with Crippen molar-refractivity contribution >= 4 is 23.8 Å². The van der Waals surface area contributed by atoms with Gasteiger partial charge in [-0.2, -0.15) is 0 Å². The summed E-state index contributed by atoms with van der Waals surface area (Å²) < 4.78 is 7.80. The van der Waals surface area contributed by atoms with Crippen LogP contribution in [0.4, 0.5) is 0 Å². The summed E-state index contributed by atoms with van der Waals surface area (Å²) in [6.07, 6.45) is 10.6. The number of pyridine rings is 4. The fourth-order valence-corrected chi connectivity index (χ4v) is 8.85. The largest absolute Gasteiger partial charge is 1.00 e. The number of carbonyl (C=O) groups is 4. The number of hydrogen-bond acceptors (Lipinski definition) is 10. The molecule has 4 heterocycles. The number of carbonyl (C=O) groups excluding carboxylic acids is 3. The Bertz CT molecular complexity index is 2950. The predicted molar refractivity (Wildman–Crippen MR) is 289 cm³/mol. The van der Waals surface area contributed by atoms with Crippen LogP contribution in [0.25, 0.3) is 22.3 Å². The molecule has 16 nitrogen and oxygen atoms in total. The molecule has 75 heavy (non-hydrogen) atoms. The van der Waals surface area contributed by atoms with Crippen molar-refractivity contribution < 1.29 is 58.8 Å². The first-order chi connectivity index (χ1) is 33.7. The summed E-state index contributed by atoms with van der Waals surface area (Å²) >= 11 is 0. The average Bonchev–Trinajstić information content (AvgIpc) is 3.30. The smallest absolute Gasteiger partial charge is 0.870 e. The van der Waals surface area contributed by atoms with Crippen molar-refractivity contribution in [3.8, 4) is 22.3 Å². The Labute approximate surface area is 453 Å². The van der Waals surface area contributed by atoms with Crippen LogP contribution < -0.4 is 40.6 Å². The summed E-state index contributed by atoms with van der Waals surface area (Å²) in [4.78, 5) is 85.2. The summed E-state index contributed by atoms with van der Waals surface area (Å²) in [5, 5.41) is 15.5. The van der Waals surface area contributed by atoms with Crippen LogP contribution in [-0.4, -0.2) is 66.0 Å². The van der Waals surface area contributed by atoms with Crippen LogP contribution >= 0.6 is 0 Å². The van der Waals surface area contributed by atoms with E-state index < -0.39 is 42.0 Å². The minimum absolute atomic E-state index is 0. The molecule has 6 aromatic rings. The summed E-state index contributed by atoms with van der Waals surface area (Å²) in [5.41, 5.74) is 10.7. The Morgan fingerprint density at radius 2 is 0.960 bits per heavy atom. The van der Waals surface area contributed by atoms with Crippen LogP contribution in [0.2, 0.25) is 0 Å². The van der Waals surface area contributed by atoms with Crippen molar-refractivity contribution in [1.29, 1.82) is 0 Å². The van der Waals surface area contributed by atoms with E-state index in [0.717, 1.165) is 55.6 Å². The number of carboxylic acids is 1. The van der Waals surface area contributed by atoms with Gasteiger partial charge < -0.3 is 40.6 Å². The molecule has 0 radical (unpaired) electrons. The van der Waals surface area contributed by atoms with Gasteiger partial charge in [-0.05, 0) is 146 Å². The third kappa shape index (κ3) is 18.1. The molecule has 2 unspecified atom stereocenters. The number of rotatable bonds is 18. The summed E-state index contributed by atoms with van der Waals surface area (Å²) in [6, 6.07) is 19.6. The van der Waals surface area contributed by atoms with Crippen molar-refractivity contribution in [3.05, 3.63) is 175 Å². The van der Waals surface area contributed by atoms with Gasteiger partial charge in [0.1, 0.15) is 12.1 Å². The number of aromatic nitrogens is 4. The van der Waals surface area contributed by atoms with Gasteiger partial charge in [0.2, 0.25) is 11.8 Å². The molecule has 4 atom stereocenters. The minimum Gasteiger partial charge on any atom is -0.870 e. The molecule has 6 N–H and O–H groups in total. The fraction of sp³-hybridized carbons (Fsp3) is 0.379. The van der Waals surface area contributed by atoms with Gasteiger partial charge in [0.15, 0.2) is 0 Å². The van der Waals surface area contributed by atoms with Crippen molar-refractivity contribution in [2.45, 2.75) is 127 Å². The van der Waals surface area contributed by atoms with Crippen molar-refractivity contribution in [3.63, 3.8) is 0 Å². The molecular weight excluding hydrogens is 948 g/mol. The number of aliphatic carboxylic acids is 1. The zero-order valence-corrected chi connectivity index (χ0v) is 44.7. The van der Waals surface area contributed by atoms with E-state index >= 15 is 0 Å². The van der Waals surface area contributed by atoms with E-state index in [4.69, 9.17) is 4.74 Å². The molecule has 2 aromatic carbocycles. The van der Waals surface area contributed by atoms with E-state index in [-0.39, 0.29) is 78.9 Å². The molecule has 17 heteroatoms. The van der Waals surface area contributed by atoms with E-state index in [0.29, 0.717) is 24.0 Å². The number of hydrogen-bond donors (Lipinski definition) is 3.